The Bertz CT molecular complexity index is 637. The molecule has 0 bridgehead atoms. The van der Waals surface area contributed by atoms with Crippen LogP contribution >= 0.6 is 24.0 Å². The molecule has 1 fully saturated rings. The van der Waals surface area contributed by atoms with Crippen LogP contribution in [0, 0.1) is 0 Å². The molecule has 1 aromatic carbocycles. The van der Waals surface area contributed by atoms with Gasteiger partial charge in [-0.1, -0.05) is 25.1 Å². The van der Waals surface area contributed by atoms with Crippen LogP contribution in [0.2, 0.25) is 0 Å². The summed E-state index contributed by atoms with van der Waals surface area (Å²) < 4.78 is 41.6. The number of unbranched alkanes of at least 4 members (excludes halogenated alkanes) is 1. The van der Waals surface area contributed by atoms with Crippen LogP contribution in [-0.4, -0.2) is 75.0 Å². The van der Waals surface area contributed by atoms with Gasteiger partial charge < -0.3 is 25.2 Å². The van der Waals surface area contributed by atoms with Crippen molar-refractivity contribution in [1.29, 1.82) is 0 Å². The monoisotopic (exact) mass is 543 g/mol. The van der Waals surface area contributed by atoms with Gasteiger partial charge in [0.25, 0.3) is 0 Å². The highest BCUT2D eigenvalue weighted by molar-refractivity contribution is 14.0. The first-order valence-corrected chi connectivity index (χ1v) is 10.1. The number of alkyl halides is 3. The molecule has 0 amide bonds. The number of nitrogens with one attached hydrogen (secondary N) is 2. The van der Waals surface area contributed by atoms with Gasteiger partial charge in [-0.2, -0.15) is 0 Å². The molecule has 172 valence electrons. The van der Waals surface area contributed by atoms with E-state index in [9.17, 15) is 13.2 Å². The molecule has 1 heterocycles. The Kier molecular flexibility index (Phi) is 12.4. The summed E-state index contributed by atoms with van der Waals surface area (Å²) in [7, 11) is 1.64. The Labute approximate surface area is 194 Å². The summed E-state index contributed by atoms with van der Waals surface area (Å²) in [6, 6.07) is 6.09. The molecule has 0 aliphatic carbocycles. The van der Waals surface area contributed by atoms with Crippen molar-refractivity contribution in [1.82, 2.24) is 20.4 Å². The van der Waals surface area contributed by atoms with Crippen molar-refractivity contribution in [2.24, 2.45) is 4.99 Å². The van der Waals surface area contributed by atoms with E-state index in [1.54, 1.807) is 19.2 Å². The molecule has 30 heavy (non-hydrogen) atoms. The number of hydrogen-bond acceptors (Lipinski definition) is 4. The maximum atomic E-state index is 12.5. The molecule has 0 saturated carbocycles. The summed E-state index contributed by atoms with van der Waals surface area (Å²) in [6.07, 6.45) is -2.61. The van der Waals surface area contributed by atoms with Gasteiger partial charge in [0.2, 0.25) is 0 Å². The van der Waals surface area contributed by atoms with Crippen molar-refractivity contribution in [2.75, 3.05) is 52.9 Å². The van der Waals surface area contributed by atoms with Crippen LogP contribution in [0.5, 0.6) is 5.75 Å². The third-order valence-corrected chi connectivity index (χ3v) is 4.97. The maximum absolute atomic E-state index is 12.5. The van der Waals surface area contributed by atoms with Gasteiger partial charge in [0, 0.05) is 51.9 Å². The molecule has 1 aromatic rings. The number of nitrogens with zero attached hydrogens (tertiary/aromatic N) is 3. The summed E-state index contributed by atoms with van der Waals surface area (Å²) in [5, 5.41) is 6.25. The molecule has 1 saturated heterocycles. The number of halogens is 4. The number of piperazine rings is 1. The molecule has 0 unspecified atom stereocenters. The number of likely N-dealkylation sites (N-methyl/N-ethyl adjacent to an activating group) is 1. The fourth-order valence-corrected chi connectivity index (χ4v) is 3.27. The first kappa shape index (κ1) is 26.8. The second-order valence-corrected chi connectivity index (χ2v) is 6.99. The van der Waals surface area contributed by atoms with Crippen molar-refractivity contribution in [3.05, 3.63) is 29.8 Å². The van der Waals surface area contributed by atoms with Crippen molar-refractivity contribution >= 4 is 29.9 Å². The predicted molar refractivity (Wildman–Crippen MR) is 125 cm³/mol. The molecule has 0 radical (unpaired) electrons. The van der Waals surface area contributed by atoms with Crippen LogP contribution in [0.15, 0.2) is 29.3 Å². The Morgan fingerprint density at radius 1 is 1.07 bits per heavy atom. The van der Waals surface area contributed by atoms with Gasteiger partial charge in [-0.25, -0.2) is 0 Å². The van der Waals surface area contributed by atoms with Crippen LogP contribution in [0.1, 0.15) is 25.3 Å². The lowest BCUT2D eigenvalue weighted by atomic mass is 10.2. The van der Waals surface area contributed by atoms with Crippen molar-refractivity contribution in [3.63, 3.8) is 0 Å². The lowest BCUT2D eigenvalue weighted by Crippen LogP contribution is -2.46. The minimum Gasteiger partial charge on any atom is -0.405 e. The zero-order valence-corrected chi connectivity index (χ0v) is 20.0. The molecule has 1 aliphatic heterocycles. The van der Waals surface area contributed by atoms with Crippen LogP contribution in [-0.2, 0) is 6.54 Å². The van der Waals surface area contributed by atoms with Gasteiger partial charge >= 0.3 is 6.36 Å². The first-order chi connectivity index (χ1) is 13.9. The summed E-state index contributed by atoms with van der Waals surface area (Å²) in [5.41, 5.74) is 0.416. The SMILES string of the molecule is CCN1CCN(CCCCNC(=NC)NCc2ccccc2OC(F)(F)F)CC1.I. The Morgan fingerprint density at radius 3 is 2.37 bits per heavy atom. The van der Waals surface area contributed by atoms with Crippen molar-refractivity contribution in [3.8, 4) is 5.75 Å². The lowest BCUT2D eigenvalue weighted by molar-refractivity contribution is -0.274. The highest BCUT2D eigenvalue weighted by atomic mass is 127. The Balaban J connectivity index is 0.00000450. The molecular formula is C20H33F3IN5O. The zero-order valence-electron chi connectivity index (χ0n) is 17.7. The summed E-state index contributed by atoms with van der Waals surface area (Å²) >= 11 is 0. The summed E-state index contributed by atoms with van der Waals surface area (Å²) in [6.45, 7) is 9.90. The number of hydrogen-bond donors (Lipinski definition) is 2. The highest BCUT2D eigenvalue weighted by Gasteiger charge is 2.31. The maximum Gasteiger partial charge on any atom is 0.573 e. The van der Waals surface area contributed by atoms with Gasteiger partial charge in [0.15, 0.2) is 5.96 Å². The molecular weight excluding hydrogens is 510 g/mol. The predicted octanol–water partition coefficient (Wildman–Crippen LogP) is 3.29. The van der Waals surface area contributed by atoms with Gasteiger partial charge in [-0.15, -0.1) is 37.1 Å². The van der Waals surface area contributed by atoms with E-state index in [0.29, 0.717) is 11.5 Å². The van der Waals surface area contributed by atoms with Crippen LogP contribution < -0.4 is 15.4 Å². The van der Waals surface area contributed by atoms with E-state index in [0.717, 1.165) is 58.7 Å². The topological polar surface area (TPSA) is 52.1 Å². The number of para-hydroxylation sites is 1. The molecule has 0 atom stereocenters. The minimum atomic E-state index is -4.71. The molecule has 2 rings (SSSR count). The number of benzene rings is 1. The Hall–Kier alpha value is -1.27. The molecule has 10 heteroatoms. The van der Waals surface area contributed by atoms with E-state index in [4.69, 9.17) is 0 Å². The van der Waals surface area contributed by atoms with Gasteiger partial charge in [0.05, 0.1) is 0 Å². The molecule has 0 spiro atoms. The minimum absolute atomic E-state index is 0. The van der Waals surface area contributed by atoms with Crippen LogP contribution in [0.3, 0.4) is 0 Å². The first-order valence-electron chi connectivity index (χ1n) is 10.1. The van der Waals surface area contributed by atoms with E-state index in [-0.39, 0.29) is 36.3 Å². The second-order valence-electron chi connectivity index (χ2n) is 6.99. The van der Waals surface area contributed by atoms with Gasteiger partial charge in [-0.05, 0) is 32.0 Å². The van der Waals surface area contributed by atoms with Gasteiger partial charge in [-0.3, -0.25) is 4.99 Å². The molecule has 6 nitrogen and oxygen atoms in total. The number of guanidine groups is 1. The standard InChI is InChI=1S/C20H32F3N5O.HI/c1-3-27-12-14-28(15-13-27)11-7-6-10-25-19(24-2)26-16-17-8-4-5-9-18(17)29-20(21,22)23;/h4-5,8-9H,3,6-7,10-16H2,1-2H3,(H2,24,25,26);1H. The fourth-order valence-electron chi connectivity index (χ4n) is 3.27. The van der Waals surface area contributed by atoms with E-state index >= 15 is 0 Å². The number of ether oxygens (including phenoxy) is 1. The van der Waals surface area contributed by atoms with E-state index in [1.165, 1.54) is 12.1 Å². The third-order valence-electron chi connectivity index (χ3n) is 4.97. The average Bonchev–Trinajstić information content (AvgIpc) is 2.70. The highest BCUT2D eigenvalue weighted by Crippen LogP contribution is 2.26. The average molecular weight is 543 g/mol. The van der Waals surface area contributed by atoms with Crippen LogP contribution in [0.4, 0.5) is 13.2 Å². The number of aliphatic imine (C=N–C) groups is 1. The van der Waals surface area contributed by atoms with Crippen molar-refractivity contribution < 1.29 is 17.9 Å². The molecule has 1 aliphatic rings. The fraction of sp³-hybridized carbons (Fsp3) is 0.650. The van der Waals surface area contributed by atoms with Crippen molar-refractivity contribution in [2.45, 2.75) is 32.7 Å². The second kappa shape index (κ2) is 13.9. The smallest absolute Gasteiger partial charge is 0.405 e. The summed E-state index contributed by atoms with van der Waals surface area (Å²) in [4.78, 5) is 9.09. The van der Waals surface area contributed by atoms with Crippen LogP contribution in [0.25, 0.3) is 0 Å². The number of rotatable bonds is 9. The summed E-state index contributed by atoms with van der Waals surface area (Å²) in [5.74, 6) is 0.356. The zero-order chi connectivity index (χ0) is 21.1. The van der Waals surface area contributed by atoms with E-state index < -0.39 is 6.36 Å². The van der Waals surface area contributed by atoms with E-state index in [1.807, 2.05) is 0 Å². The molecule has 0 aromatic heterocycles. The van der Waals surface area contributed by atoms with E-state index in [2.05, 4.69) is 37.1 Å². The largest absolute Gasteiger partial charge is 0.573 e. The molecule has 2 N–H and O–H groups in total. The van der Waals surface area contributed by atoms with Gasteiger partial charge in [0.1, 0.15) is 5.75 Å². The lowest BCUT2D eigenvalue weighted by Gasteiger charge is -2.34. The Morgan fingerprint density at radius 2 is 1.73 bits per heavy atom. The quantitative estimate of drug-likeness (QED) is 0.217. The normalized spacial score (nSPS) is 16.1. The third kappa shape index (κ3) is 10.2.